The highest BCUT2D eigenvalue weighted by atomic mass is 32.1. The molecular weight excluding hydrogens is 419 g/mol. The summed E-state index contributed by atoms with van der Waals surface area (Å²) in [6.45, 7) is 4.02. The average molecular weight is 437 g/mol. The predicted molar refractivity (Wildman–Crippen MR) is 120 cm³/mol. The molecule has 0 aliphatic carbocycles. The molecule has 0 aliphatic rings. The second-order valence-electron chi connectivity index (χ2n) is 6.75. The summed E-state index contributed by atoms with van der Waals surface area (Å²) in [6.07, 6.45) is -3.91. The maximum atomic E-state index is 12.3. The smallest absolute Gasteiger partial charge is 0.406 e. The number of nitrogens with zero attached hydrogens (tertiary/aromatic N) is 1. The summed E-state index contributed by atoms with van der Waals surface area (Å²) >= 11 is 4.67. The van der Waals surface area contributed by atoms with Crippen molar-refractivity contribution in [3.63, 3.8) is 0 Å². The first-order valence-electron chi connectivity index (χ1n) is 9.48. The minimum Gasteiger partial charge on any atom is -0.406 e. The van der Waals surface area contributed by atoms with Gasteiger partial charge in [-0.25, -0.2) is 0 Å². The van der Waals surface area contributed by atoms with Crippen molar-refractivity contribution >= 4 is 23.1 Å². The SMILES string of the molecule is CCc1cc(-c2ccc(N=C=S)c(C)c2)ccc1C#Cc1ccc(OC(F)(F)F)cc1. The van der Waals surface area contributed by atoms with Crippen LogP contribution in [0.5, 0.6) is 5.75 Å². The van der Waals surface area contributed by atoms with Gasteiger partial charge in [-0.05, 0) is 96.3 Å². The molecule has 0 radical (unpaired) electrons. The largest absolute Gasteiger partial charge is 0.573 e. The lowest BCUT2D eigenvalue weighted by Crippen LogP contribution is -2.16. The lowest BCUT2D eigenvalue weighted by molar-refractivity contribution is -0.274. The van der Waals surface area contributed by atoms with Gasteiger partial charge in [0.05, 0.1) is 10.8 Å². The second kappa shape index (κ2) is 9.61. The van der Waals surface area contributed by atoms with Crippen LogP contribution in [-0.4, -0.2) is 11.5 Å². The van der Waals surface area contributed by atoms with Gasteiger partial charge in [0.1, 0.15) is 5.75 Å². The molecule has 0 spiro atoms. The average Bonchev–Trinajstić information content (AvgIpc) is 2.73. The maximum absolute atomic E-state index is 12.3. The molecule has 6 heteroatoms. The molecule has 0 bridgehead atoms. The fourth-order valence-corrected chi connectivity index (χ4v) is 3.18. The molecule has 31 heavy (non-hydrogen) atoms. The third-order valence-corrected chi connectivity index (χ3v) is 4.70. The van der Waals surface area contributed by atoms with Crippen LogP contribution in [0.15, 0.2) is 65.7 Å². The number of rotatable bonds is 4. The van der Waals surface area contributed by atoms with Gasteiger partial charge >= 0.3 is 6.36 Å². The quantitative estimate of drug-likeness (QED) is 0.243. The summed E-state index contributed by atoms with van der Waals surface area (Å²) in [7, 11) is 0. The Morgan fingerprint density at radius 1 is 0.935 bits per heavy atom. The van der Waals surface area contributed by atoms with E-state index in [1.54, 1.807) is 0 Å². The lowest BCUT2D eigenvalue weighted by atomic mass is 9.96. The highest BCUT2D eigenvalue weighted by molar-refractivity contribution is 7.78. The Bertz CT molecular complexity index is 1200. The molecule has 3 aromatic rings. The third kappa shape index (κ3) is 6.05. The van der Waals surface area contributed by atoms with Gasteiger partial charge in [0.15, 0.2) is 0 Å². The number of hydrogen-bond acceptors (Lipinski definition) is 3. The summed E-state index contributed by atoms with van der Waals surface area (Å²) in [5, 5.41) is 2.39. The van der Waals surface area contributed by atoms with E-state index in [2.05, 4.69) is 58.0 Å². The van der Waals surface area contributed by atoms with Crippen molar-refractivity contribution in [1.82, 2.24) is 0 Å². The Balaban J connectivity index is 1.85. The van der Waals surface area contributed by atoms with Gasteiger partial charge in [-0.3, -0.25) is 0 Å². The van der Waals surface area contributed by atoms with E-state index in [1.807, 2.05) is 31.2 Å². The lowest BCUT2D eigenvalue weighted by Gasteiger charge is -2.09. The number of thiocarbonyl (C=S) groups is 1. The number of aliphatic imine (C=N–C) groups is 1. The van der Waals surface area contributed by atoms with Gasteiger partial charge in [-0.2, -0.15) is 4.99 Å². The summed E-state index contributed by atoms with van der Waals surface area (Å²) in [5.41, 5.74) is 6.50. The Morgan fingerprint density at radius 2 is 1.61 bits per heavy atom. The first kappa shape index (κ1) is 22.3. The molecule has 3 aromatic carbocycles. The number of isothiocyanates is 1. The van der Waals surface area contributed by atoms with E-state index in [0.29, 0.717) is 5.56 Å². The number of halogens is 3. The maximum Gasteiger partial charge on any atom is 0.573 e. The standard InChI is InChI=1S/C25H18F3NOS/c1-3-19-15-22(21-10-13-24(29-16-31)17(2)14-21)9-8-20(19)7-4-18-5-11-23(12-6-18)30-25(26,27)28/h5-6,8-15H,3H2,1-2H3. The van der Waals surface area contributed by atoms with E-state index in [4.69, 9.17) is 0 Å². The fourth-order valence-electron chi connectivity index (χ4n) is 3.08. The number of aryl methyl sites for hydroxylation is 2. The summed E-state index contributed by atoms with van der Waals surface area (Å²) in [5.74, 6) is 5.85. The molecule has 0 saturated carbocycles. The molecule has 3 rings (SSSR count). The minimum absolute atomic E-state index is 0.269. The van der Waals surface area contributed by atoms with Crippen LogP contribution < -0.4 is 4.74 Å². The zero-order valence-electron chi connectivity index (χ0n) is 16.9. The summed E-state index contributed by atoms with van der Waals surface area (Å²) in [4.78, 5) is 4.05. The van der Waals surface area contributed by atoms with E-state index in [9.17, 15) is 13.2 Å². The monoisotopic (exact) mass is 437 g/mol. The number of benzene rings is 3. The third-order valence-electron chi connectivity index (χ3n) is 4.61. The Kier molecular flexibility index (Phi) is 6.91. The van der Waals surface area contributed by atoms with E-state index in [0.717, 1.165) is 39.9 Å². The molecule has 0 heterocycles. The molecule has 2 nitrogen and oxygen atoms in total. The van der Waals surface area contributed by atoms with Crippen molar-refractivity contribution in [2.24, 2.45) is 4.99 Å². The topological polar surface area (TPSA) is 21.6 Å². The van der Waals surface area contributed by atoms with E-state index < -0.39 is 6.36 Å². The summed E-state index contributed by atoms with van der Waals surface area (Å²) in [6, 6.07) is 17.5. The van der Waals surface area contributed by atoms with E-state index >= 15 is 0 Å². The minimum atomic E-state index is -4.71. The van der Waals surface area contributed by atoms with Crippen LogP contribution in [0.25, 0.3) is 11.1 Å². The van der Waals surface area contributed by atoms with Crippen molar-refractivity contribution in [3.05, 3.63) is 82.9 Å². The highest BCUT2D eigenvalue weighted by Crippen LogP contribution is 2.28. The van der Waals surface area contributed by atoms with Gasteiger partial charge < -0.3 is 4.74 Å². The van der Waals surface area contributed by atoms with Gasteiger partial charge in [-0.1, -0.05) is 30.9 Å². The normalized spacial score (nSPS) is 10.6. The molecule has 0 amide bonds. The number of hydrogen-bond donors (Lipinski definition) is 0. The zero-order valence-corrected chi connectivity index (χ0v) is 17.7. The van der Waals surface area contributed by atoms with Gasteiger partial charge in [0, 0.05) is 11.1 Å². The highest BCUT2D eigenvalue weighted by Gasteiger charge is 2.30. The molecule has 0 saturated heterocycles. The second-order valence-corrected chi connectivity index (χ2v) is 6.93. The van der Waals surface area contributed by atoms with Crippen molar-refractivity contribution in [2.45, 2.75) is 26.6 Å². The first-order chi connectivity index (χ1) is 14.8. The molecule has 0 fully saturated rings. The molecule has 0 aliphatic heterocycles. The van der Waals surface area contributed by atoms with Crippen molar-refractivity contribution in [2.75, 3.05) is 0 Å². The number of alkyl halides is 3. The van der Waals surface area contributed by atoms with Crippen LogP contribution in [0, 0.1) is 18.8 Å². The van der Waals surface area contributed by atoms with E-state index in [1.165, 1.54) is 24.3 Å². The fraction of sp³-hybridized carbons (Fsp3) is 0.160. The van der Waals surface area contributed by atoms with Crippen LogP contribution in [0.2, 0.25) is 0 Å². The van der Waals surface area contributed by atoms with Crippen LogP contribution in [0.3, 0.4) is 0 Å². The van der Waals surface area contributed by atoms with Crippen LogP contribution in [0.4, 0.5) is 18.9 Å². The molecule has 0 atom stereocenters. The Labute approximate surface area is 184 Å². The molecule has 156 valence electrons. The van der Waals surface area contributed by atoms with E-state index in [-0.39, 0.29) is 5.75 Å². The van der Waals surface area contributed by atoms with Gasteiger partial charge in [0.25, 0.3) is 0 Å². The number of ether oxygens (including phenoxy) is 1. The Morgan fingerprint density at radius 3 is 2.23 bits per heavy atom. The molecular formula is C25H18F3NOS. The Hall–Kier alpha value is -3.39. The van der Waals surface area contributed by atoms with Crippen molar-refractivity contribution in [3.8, 4) is 28.7 Å². The van der Waals surface area contributed by atoms with Gasteiger partial charge in [0.2, 0.25) is 0 Å². The molecule has 0 unspecified atom stereocenters. The predicted octanol–water partition coefficient (Wildman–Crippen LogP) is 7.26. The molecule has 0 aromatic heterocycles. The van der Waals surface area contributed by atoms with Crippen LogP contribution in [-0.2, 0) is 6.42 Å². The zero-order chi connectivity index (χ0) is 22.4. The van der Waals surface area contributed by atoms with Crippen LogP contribution in [0.1, 0.15) is 29.2 Å². The molecule has 0 N–H and O–H groups in total. The van der Waals surface area contributed by atoms with Crippen molar-refractivity contribution < 1.29 is 17.9 Å². The van der Waals surface area contributed by atoms with Gasteiger partial charge in [-0.15, -0.1) is 13.2 Å². The first-order valence-corrected chi connectivity index (χ1v) is 9.89. The van der Waals surface area contributed by atoms with Crippen molar-refractivity contribution in [1.29, 1.82) is 0 Å². The summed E-state index contributed by atoms with van der Waals surface area (Å²) < 4.78 is 40.7. The van der Waals surface area contributed by atoms with Crippen LogP contribution >= 0.6 is 12.2 Å².